The third kappa shape index (κ3) is 4.80. The van der Waals surface area contributed by atoms with Gasteiger partial charge in [0.05, 0.1) is 4.88 Å². The van der Waals surface area contributed by atoms with Crippen LogP contribution in [0.3, 0.4) is 0 Å². The third-order valence-electron chi connectivity index (χ3n) is 5.40. The molecule has 1 aliphatic carbocycles. The zero-order chi connectivity index (χ0) is 25.8. The Hall–Kier alpha value is -2.89. The summed E-state index contributed by atoms with van der Waals surface area (Å²) in [4.78, 5) is 13.6. The van der Waals surface area contributed by atoms with Gasteiger partial charge in [0.2, 0.25) is 5.76 Å². The van der Waals surface area contributed by atoms with Crippen molar-refractivity contribution in [2.45, 2.75) is 54.9 Å². The Morgan fingerprint density at radius 3 is 2.40 bits per heavy atom. The molecule has 2 aromatic heterocycles. The first-order valence-corrected chi connectivity index (χ1v) is 12.9. The number of nitrogens with zero attached hydrogens (tertiary/aromatic N) is 1. The minimum atomic E-state index is -4.24. The van der Waals surface area contributed by atoms with E-state index in [-0.39, 0.29) is 9.90 Å². The summed E-state index contributed by atoms with van der Waals surface area (Å²) in [6.07, 6.45) is 0. The maximum Gasteiger partial charge on any atom is 0.333 e. The van der Waals surface area contributed by atoms with E-state index in [9.17, 15) is 22.0 Å². The van der Waals surface area contributed by atoms with Crippen LogP contribution < -0.4 is 4.72 Å². The Morgan fingerprint density at radius 1 is 1.17 bits per heavy atom. The van der Waals surface area contributed by atoms with E-state index >= 15 is 0 Å². The lowest BCUT2D eigenvalue weighted by atomic mass is 10.1. The predicted molar refractivity (Wildman–Crippen MR) is 127 cm³/mol. The van der Waals surface area contributed by atoms with Gasteiger partial charge in [-0.25, -0.2) is 13.2 Å². The quantitative estimate of drug-likeness (QED) is 0.337. The molecular formula is C24H24F2N2O5S2. The molecule has 0 saturated heterocycles. The van der Waals surface area contributed by atoms with Crippen molar-refractivity contribution in [3.05, 3.63) is 72.0 Å². The van der Waals surface area contributed by atoms with Gasteiger partial charge in [0.1, 0.15) is 15.5 Å². The molecule has 1 saturated carbocycles. The molecule has 0 spiro atoms. The number of alkyl halides is 2. The van der Waals surface area contributed by atoms with Gasteiger partial charge < -0.3 is 9.26 Å². The topological polar surface area (TPSA) is 98.5 Å². The molecule has 2 atom stereocenters. The first kappa shape index (κ1) is 25.2. The molecule has 0 radical (unpaired) electrons. The van der Waals surface area contributed by atoms with Crippen LogP contribution in [0, 0.1) is 0 Å². The zero-order valence-electron chi connectivity index (χ0n) is 19.5. The fourth-order valence-electron chi connectivity index (χ4n) is 3.72. The van der Waals surface area contributed by atoms with Gasteiger partial charge in [-0.05, 0) is 44.0 Å². The van der Waals surface area contributed by atoms with Gasteiger partial charge in [-0.1, -0.05) is 42.1 Å². The molecule has 1 fully saturated rings. The number of ether oxygens (including phenoxy) is 1. The van der Waals surface area contributed by atoms with Crippen molar-refractivity contribution in [2.24, 2.45) is 0 Å². The van der Waals surface area contributed by atoms with Crippen LogP contribution in [0.1, 0.15) is 44.9 Å². The Bertz CT molecular complexity index is 1380. The second kappa shape index (κ2) is 8.35. The largest absolute Gasteiger partial charge is 0.458 e. The molecule has 4 rings (SSSR count). The molecule has 3 aromatic rings. The summed E-state index contributed by atoms with van der Waals surface area (Å²) in [7, 11) is -4.24. The molecule has 1 aliphatic rings. The second-order valence-electron chi connectivity index (χ2n) is 9.37. The average Bonchev–Trinajstić information content (AvgIpc) is 3.19. The molecule has 0 bridgehead atoms. The number of sulfonamides is 1. The van der Waals surface area contributed by atoms with Gasteiger partial charge in [-0.3, -0.25) is 0 Å². The third-order valence-corrected chi connectivity index (χ3v) is 8.46. The first-order chi connectivity index (χ1) is 16.1. The van der Waals surface area contributed by atoms with Gasteiger partial charge in [-0.2, -0.15) is 13.5 Å². The normalized spacial score (nSPS) is 20.6. The van der Waals surface area contributed by atoms with Crippen LogP contribution in [0.5, 0.6) is 0 Å². The summed E-state index contributed by atoms with van der Waals surface area (Å²) in [6.45, 7) is 9.71. The fourth-order valence-corrected chi connectivity index (χ4v) is 6.35. The summed E-state index contributed by atoms with van der Waals surface area (Å²) in [5.41, 5.74) is -1.38. The summed E-state index contributed by atoms with van der Waals surface area (Å²) >= 11 is 0.809. The highest BCUT2D eigenvalue weighted by molar-refractivity contribution is 7.91. The average molecular weight is 523 g/mol. The number of hydrogen-bond donors (Lipinski definition) is 1. The number of halogens is 2. The van der Waals surface area contributed by atoms with Crippen molar-refractivity contribution in [3.8, 4) is 10.6 Å². The number of carbonyl (C=O) groups excluding carboxylic acids is 1. The van der Waals surface area contributed by atoms with E-state index in [1.807, 2.05) is 6.07 Å². The van der Waals surface area contributed by atoms with Crippen molar-refractivity contribution >= 4 is 27.3 Å². The van der Waals surface area contributed by atoms with Gasteiger partial charge in [-0.15, -0.1) is 11.3 Å². The van der Waals surface area contributed by atoms with E-state index in [1.54, 1.807) is 45.0 Å². The minimum Gasteiger partial charge on any atom is -0.458 e. The highest BCUT2D eigenvalue weighted by atomic mass is 32.2. The summed E-state index contributed by atoms with van der Waals surface area (Å²) in [5, 5.41) is 3.62. The SMILES string of the molecule is C=C1[C@@H](c2ccccc2)[C@]1(NS(=O)(=O)c1ccc(-c2cc(C(C)(F)F)on2)s1)C(=O)OC(C)(C)C. The van der Waals surface area contributed by atoms with Crippen LogP contribution in [-0.4, -0.2) is 30.7 Å². The number of carbonyl (C=O) groups is 1. The highest BCUT2D eigenvalue weighted by Crippen LogP contribution is 2.58. The van der Waals surface area contributed by atoms with E-state index < -0.39 is 44.7 Å². The lowest BCUT2D eigenvalue weighted by Gasteiger charge is -2.25. The number of hydrogen-bond acceptors (Lipinski definition) is 7. The van der Waals surface area contributed by atoms with Crippen LogP contribution in [0.25, 0.3) is 10.6 Å². The highest BCUT2D eigenvalue weighted by Gasteiger charge is 2.68. The molecule has 186 valence electrons. The van der Waals surface area contributed by atoms with Gasteiger partial charge in [0.25, 0.3) is 10.0 Å². The number of aromatic nitrogens is 1. The number of thiophene rings is 1. The zero-order valence-corrected chi connectivity index (χ0v) is 21.1. The molecule has 0 unspecified atom stereocenters. The Labute approximate surface area is 205 Å². The van der Waals surface area contributed by atoms with Crippen molar-refractivity contribution in [2.75, 3.05) is 0 Å². The lowest BCUT2D eigenvalue weighted by molar-refractivity contribution is -0.157. The number of rotatable bonds is 7. The molecule has 1 aromatic carbocycles. The van der Waals surface area contributed by atoms with Gasteiger partial charge in [0.15, 0.2) is 5.54 Å². The smallest absolute Gasteiger partial charge is 0.333 e. The molecule has 35 heavy (non-hydrogen) atoms. The lowest BCUT2D eigenvalue weighted by Crippen LogP contribution is -2.47. The van der Waals surface area contributed by atoms with E-state index in [4.69, 9.17) is 9.26 Å². The van der Waals surface area contributed by atoms with Crippen LogP contribution >= 0.6 is 11.3 Å². The number of esters is 1. The standard InChI is InChI=1S/C24H24F2N2O5S2/c1-14-20(15-9-7-6-8-10-15)24(14,21(29)32-22(2,3)4)28-35(30,31)19-12-11-17(34-19)16-13-18(33-27-16)23(5,25)26/h6-13,20,28H,1H2,2-5H3/t20-,24-/m0/s1. The fraction of sp³-hybridized carbons (Fsp3) is 0.333. The van der Waals surface area contributed by atoms with Gasteiger partial charge >= 0.3 is 11.9 Å². The maximum atomic E-state index is 13.5. The molecule has 7 nitrogen and oxygen atoms in total. The Morgan fingerprint density at radius 2 is 1.83 bits per heavy atom. The summed E-state index contributed by atoms with van der Waals surface area (Å²) in [6, 6.07) is 12.8. The predicted octanol–water partition coefficient (Wildman–Crippen LogP) is 5.23. The van der Waals surface area contributed by atoms with E-state index in [1.165, 1.54) is 12.1 Å². The van der Waals surface area contributed by atoms with E-state index in [2.05, 4.69) is 16.5 Å². The van der Waals surface area contributed by atoms with Crippen LogP contribution in [0.2, 0.25) is 0 Å². The van der Waals surface area contributed by atoms with Gasteiger partial charge in [0, 0.05) is 18.9 Å². The van der Waals surface area contributed by atoms with Crippen LogP contribution in [0.15, 0.2) is 69.4 Å². The number of nitrogens with one attached hydrogen (secondary N) is 1. The minimum absolute atomic E-state index is 0.0767. The summed E-state index contributed by atoms with van der Waals surface area (Å²) < 4.78 is 66.4. The molecule has 1 N–H and O–H groups in total. The van der Waals surface area contributed by atoms with E-state index in [0.29, 0.717) is 22.9 Å². The molecule has 2 heterocycles. The number of benzene rings is 1. The molecule has 0 aliphatic heterocycles. The maximum absolute atomic E-state index is 13.5. The molecular weight excluding hydrogens is 498 g/mol. The molecule has 11 heteroatoms. The summed E-state index contributed by atoms with van der Waals surface area (Å²) in [5.74, 6) is -5.22. The Balaban J connectivity index is 1.67. The van der Waals surface area contributed by atoms with E-state index in [0.717, 1.165) is 17.4 Å². The van der Waals surface area contributed by atoms with Crippen molar-refractivity contribution in [1.29, 1.82) is 0 Å². The van der Waals surface area contributed by atoms with Crippen molar-refractivity contribution in [1.82, 2.24) is 9.88 Å². The second-order valence-corrected chi connectivity index (χ2v) is 12.4. The first-order valence-electron chi connectivity index (χ1n) is 10.6. The van der Waals surface area contributed by atoms with Crippen molar-refractivity contribution < 1.29 is 31.3 Å². The van der Waals surface area contributed by atoms with Crippen molar-refractivity contribution in [3.63, 3.8) is 0 Å². The molecule has 0 amide bonds. The van der Waals surface area contributed by atoms with Crippen LogP contribution in [-0.2, 0) is 25.5 Å². The Kier molecular flexibility index (Phi) is 6.02. The monoisotopic (exact) mass is 522 g/mol. The van der Waals surface area contributed by atoms with Crippen LogP contribution in [0.4, 0.5) is 8.78 Å².